The molecule has 0 radical (unpaired) electrons. The molecule has 1 aromatic heterocycles. The minimum Gasteiger partial charge on any atom is -0.322 e. The molecular weight excluding hydrogens is 378 g/mol. The summed E-state index contributed by atoms with van der Waals surface area (Å²) in [6.07, 6.45) is 1.39. The standard InChI is InChI=1S/C21H16ClN3O3/c1-13(26)14-2-6-17(7-3-14)24-20(27)15-10-11-23-19(12-15)21(28)25-18-8-4-16(22)5-9-18/h2-12H,1H3,(H,24,27)(H,25,28). The molecule has 3 aromatic rings. The number of nitrogens with zero attached hydrogens (tertiary/aromatic N) is 1. The quantitative estimate of drug-likeness (QED) is 0.627. The zero-order valence-corrected chi connectivity index (χ0v) is 15.7. The van der Waals surface area contributed by atoms with E-state index in [4.69, 9.17) is 11.6 Å². The number of ketones is 1. The number of hydrogen-bond donors (Lipinski definition) is 2. The summed E-state index contributed by atoms with van der Waals surface area (Å²) in [5.41, 5.74) is 2.06. The van der Waals surface area contributed by atoms with Gasteiger partial charge in [0.25, 0.3) is 11.8 Å². The number of anilines is 2. The fourth-order valence-electron chi connectivity index (χ4n) is 2.42. The first-order valence-electron chi connectivity index (χ1n) is 8.38. The van der Waals surface area contributed by atoms with E-state index in [1.807, 2.05) is 0 Å². The molecular formula is C21H16ClN3O3. The van der Waals surface area contributed by atoms with Crippen LogP contribution in [0, 0.1) is 0 Å². The predicted octanol–water partition coefficient (Wildman–Crippen LogP) is 4.44. The molecule has 7 heteroatoms. The van der Waals surface area contributed by atoms with E-state index in [1.165, 1.54) is 25.3 Å². The summed E-state index contributed by atoms with van der Waals surface area (Å²) in [5, 5.41) is 5.98. The summed E-state index contributed by atoms with van der Waals surface area (Å²) in [4.78, 5) is 40.1. The number of aromatic nitrogens is 1. The lowest BCUT2D eigenvalue weighted by molar-refractivity contribution is 0.100. The highest BCUT2D eigenvalue weighted by molar-refractivity contribution is 6.30. The number of Topliss-reactive ketones (excluding diaryl/α,β-unsaturated/α-hetero) is 1. The van der Waals surface area contributed by atoms with Crippen LogP contribution in [0.15, 0.2) is 66.9 Å². The van der Waals surface area contributed by atoms with Crippen molar-refractivity contribution in [2.45, 2.75) is 6.92 Å². The smallest absolute Gasteiger partial charge is 0.274 e. The second-order valence-corrected chi connectivity index (χ2v) is 6.41. The van der Waals surface area contributed by atoms with Gasteiger partial charge in [-0.15, -0.1) is 0 Å². The van der Waals surface area contributed by atoms with Crippen molar-refractivity contribution in [1.82, 2.24) is 4.98 Å². The molecule has 3 rings (SSSR count). The Morgan fingerprint density at radius 3 is 1.96 bits per heavy atom. The van der Waals surface area contributed by atoms with Gasteiger partial charge < -0.3 is 10.6 Å². The molecule has 2 aromatic carbocycles. The Labute approximate surface area is 166 Å². The SMILES string of the molecule is CC(=O)c1ccc(NC(=O)c2ccnc(C(=O)Nc3ccc(Cl)cc3)c2)cc1. The van der Waals surface area contributed by atoms with Crippen LogP contribution in [0.1, 0.15) is 38.1 Å². The number of pyridine rings is 1. The molecule has 0 aliphatic heterocycles. The first-order valence-corrected chi connectivity index (χ1v) is 8.75. The number of halogens is 1. The van der Waals surface area contributed by atoms with Gasteiger partial charge >= 0.3 is 0 Å². The fourth-order valence-corrected chi connectivity index (χ4v) is 2.54. The highest BCUT2D eigenvalue weighted by atomic mass is 35.5. The van der Waals surface area contributed by atoms with E-state index in [2.05, 4.69) is 15.6 Å². The van der Waals surface area contributed by atoms with E-state index >= 15 is 0 Å². The van der Waals surface area contributed by atoms with Gasteiger partial charge in [-0.05, 0) is 67.6 Å². The van der Waals surface area contributed by atoms with Gasteiger partial charge in [0, 0.05) is 33.7 Å². The van der Waals surface area contributed by atoms with E-state index in [9.17, 15) is 14.4 Å². The number of nitrogens with one attached hydrogen (secondary N) is 2. The van der Waals surface area contributed by atoms with Crippen LogP contribution in [-0.2, 0) is 0 Å². The number of rotatable bonds is 5. The third kappa shape index (κ3) is 4.81. The minimum absolute atomic E-state index is 0.0525. The zero-order valence-electron chi connectivity index (χ0n) is 14.9. The highest BCUT2D eigenvalue weighted by Gasteiger charge is 2.13. The zero-order chi connectivity index (χ0) is 20.1. The molecule has 140 valence electrons. The Morgan fingerprint density at radius 2 is 1.36 bits per heavy atom. The third-order valence-corrected chi connectivity index (χ3v) is 4.16. The van der Waals surface area contributed by atoms with Gasteiger partial charge in [0.1, 0.15) is 5.69 Å². The summed E-state index contributed by atoms with van der Waals surface area (Å²) < 4.78 is 0. The Kier molecular flexibility index (Phi) is 5.81. The first kappa shape index (κ1) is 19.3. The number of benzene rings is 2. The van der Waals surface area contributed by atoms with Crippen LogP contribution in [0.2, 0.25) is 5.02 Å². The van der Waals surface area contributed by atoms with Crippen LogP contribution in [0.4, 0.5) is 11.4 Å². The third-order valence-electron chi connectivity index (χ3n) is 3.91. The van der Waals surface area contributed by atoms with Crippen molar-refractivity contribution >= 4 is 40.6 Å². The monoisotopic (exact) mass is 393 g/mol. The van der Waals surface area contributed by atoms with Crippen molar-refractivity contribution in [3.63, 3.8) is 0 Å². The summed E-state index contributed by atoms with van der Waals surface area (Å²) in [6.45, 7) is 1.47. The largest absolute Gasteiger partial charge is 0.322 e. The molecule has 1 heterocycles. The molecule has 0 atom stereocenters. The van der Waals surface area contributed by atoms with Crippen LogP contribution in [0.3, 0.4) is 0 Å². The maximum absolute atomic E-state index is 12.5. The van der Waals surface area contributed by atoms with Crippen molar-refractivity contribution in [3.8, 4) is 0 Å². The van der Waals surface area contributed by atoms with Crippen molar-refractivity contribution in [3.05, 3.63) is 88.7 Å². The van der Waals surface area contributed by atoms with Gasteiger partial charge in [0.05, 0.1) is 0 Å². The Morgan fingerprint density at radius 1 is 0.786 bits per heavy atom. The van der Waals surface area contributed by atoms with Crippen LogP contribution in [-0.4, -0.2) is 22.6 Å². The second kappa shape index (κ2) is 8.45. The van der Waals surface area contributed by atoms with E-state index in [-0.39, 0.29) is 17.0 Å². The number of hydrogen-bond acceptors (Lipinski definition) is 4. The van der Waals surface area contributed by atoms with Crippen molar-refractivity contribution in [1.29, 1.82) is 0 Å². The molecule has 6 nitrogen and oxygen atoms in total. The van der Waals surface area contributed by atoms with Crippen molar-refractivity contribution in [2.75, 3.05) is 10.6 Å². The molecule has 2 amide bonds. The molecule has 0 spiro atoms. The van der Waals surface area contributed by atoms with Crippen molar-refractivity contribution < 1.29 is 14.4 Å². The van der Waals surface area contributed by atoms with Gasteiger partial charge in [0.2, 0.25) is 0 Å². The average molecular weight is 394 g/mol. The van der Waals surface area contributed by atoms with Gasteiger partial charge in [-0.3, -0.25) is 19.4 Å². The van der Waals surface area contributed by atoms with E-state index in [0.717, 1.165) is 0 Å². The lowest BCUT2D eigenvalue weighted by atomic mass is 10.1. The molecule has 28 heavy (non-hydrogen) atoms. The maximum atomic E-state index is 12.5. The predicted molar refractivity (Wildman–Crippen MR) is 108 cm³/mol. The molecule has 0 aliphatic carbocycles. The lowest BCUT2D eigenvalue weighted by Crippen LogP contribution is -2.17. The van der Waals surface area contributed by atoms with Crippen LogP contribution >= 0.6 is 11.6 Å². The van der Waals surface area contributed by atoms with Gasteiger partial charge in [0.15, 0.2) is 5.78 Å². The first-order chi connectivity index (χ1) is 13.4. The van der Waals surface area contributed by atoms with Gasteiger partial charge in [-0.25, -0.2) is 0 Å². The van der Waals surface area contributed by atoms with Gasteiger partial charge in [-0.2, -0.15) is 0 Å². The summed E-state index contributed by atoms with van der Waals surface area (Å²) in [6, 6.07) is 16.1. The summed E-state index contributed by atoms with van der Waals surface area (Å²) in [7, 11) is 0. The molecule has 0 fully saturated rings. The number of carbonyl (C=O) groups is 3. The Hall–Kier alpha value is -3.51. The van der Waals surface area contributed by atoms with Crippen LogP contribution < -0.4 is 10.6 Å². The maximum Gasteiger partial charge on any atom is 0.274 e. The van der Waals surface area contributed by atoms with Gasteiger partial charge in [-0.1, -0.05) is 11.6 Å². The molecule has 2 N–H and O–H groups in total. The molecule has 0 saturated carbocycles. The van der Waals surface area contributed by atoms with Crippen LogP contribution in [0.25, 0.3) is 0 Å². The number of carbonyl (C=O) groups excluding carboxylic acids is 3. The summed E-state index contributed by atoms with van der Waals surface area (Å²) in [5.74, 6) is -0.885. The second-order valence-electron chi connectivity index (χ2n) is 5.98. The molecule has 0 saturated heterocycles. The fraction of sp³-hybridized carbons (Fsp3) is 0.0476. The van der Waals surface area contributed by atoms with Crippen LogP contribution in [0.5, 0.6) is 0 Å². The van der Waals surface area contributed by atoms with E-state index in [1.54, 1.807) is 48.5 Å². The van der Waals surface area contributed by atoms with E-state index < -0.39 is 11.8 Å². The number of amides is 2. The molecule has 0 aliphatic rings. The lowest BCUT2D eigenvalue weighted by Gasteiger charge is -2.08. The molecule has 0 bridgehead atoms. The Bertz CT molecular complexity index is 1030. The van der Waals surface area contributed by atoms with Crippen molar-refractivity contribution in [2.24, 2.45) is 0 Å². The summed E-state index contributed by atoms with van der Waals surface area (Å²) >= 11 is 5.83. The normalized spacial score (nSPS) is 10.2. The Balaban J connectivity index is 1.71. The topological polar surface area (TPSA) is 88.2 Å². The highest BCUT2D eigenvalue weighted by Crippen LogP contribution is 2.15. The van der Waals surface area contributed by atoms with E-state index in [0.29, 0.717) is 22.0 Å². The average Bonchev–Trinajstić information content (AvgIpc) is 2.70. The molecule has 0 unspecified atom stereocenters. The minimum atomic E-state index is -0.442.